The van der Waals surface area contributed by atoms with Crippen LogP contribution in [-0.2, 0) is 20.8 Å². The smallest absolute Gasteiger partial charge is 0.163 e. The van der Waals surface area contributed by atoms with Crippen molar-refractivity contribution >= 4 is 34.2 Å². The van der Waals surface area contributed by atoms with Crippen LogP contribution in [0.1, 0.15) is 43.5 Å². The fourth-order valence-electron chi connectivity index (χ4n) is 5.37. The predicted octanol–water partition coefficient (Wildman–Crippen LogP) is 5.09. The van der Waals surface area contributed by atoms with Crippen LogP contribution in [0.2, 0.25) is 10.2 Å². The summed E-state index contributed by atoms with van der Waals surface area (Å²) >= 11 is 12.5. The van der Waals surface area contributed by atoms with E-state index in [9.17, 15) is 0 Å². The molecule has 0 bridgehead atoms. The predicted molar refractivity (Wildman–Crippen MR) is 112 cm³/mol. The minimum atomic E-state index is -0.650. The van der Waals surface area contributed by atoms with Crippen LogP contribution in [0.5, 0.6) is 0 Å². The van der Waals surface area contributed by atoms with Gasteiger partial charge in [-0.05, 0) is 49.6 Å². The Labute approximate surface area is 184 Å². The van der Waals surface area contributed by atoms with Crippen molar-refractivity contribution in [2.75, 3.05) is 0 Å². The molecule has 3 aliphatic rings. The molecule has 2 aliphatic heterocycles. The Bertz CT molecular complexity index is 1150. The van der Waals surface area contributed by atoms with E-state index in [0.717, 1.165) is 28.0 Å². The van der Waals surface area contributed by atoms with Gasteiger partial charge < -0.3 is 18.8 Å². The van der Waals surface area contributed by atoms with Crippen LogP contribution < -0.4 is 0 Å². The van der Waals surface area contributed by atoms with E-state index in [1.807, 2.05) is 38.2 Å². The van der Waals surface area contributed by atoms with Gasteiger partial charge in [0.1, 0.15) is 23.2 Å². The Morgan fingerprint density at radius 3 is 2.80 bits per heavy atom. The van der Waals surface area contributed by atoms with E-state index in [0.29, 0.717) is 11.8 Å². The first-order chi connectivity index (χ1) is 14.4. The fourth-order valence-corrected chi connectivity index (χ4v) is 5.75. The molecule has 0 amide bonds. The van der Waals surface area contributed by atoms with Crippen molar-refractivity contribution in [3.05, 3.63) is 58.1 Å². The van der Waals surface area contributed by atoms with E-state index < -0.39 is 5.79 Å². The zero-order chi connectivity index (χ0) is 20.6. The van der Waals surface area contributed by atoms with Gasteiger partial charge in [0.05, 0.1) is 30.2 Å². The number of halogens is 2. The van der Waals surface area contributed by atoms with Crippen molar-refractivity contribution in [2.24, 2.45) is 5.92 Å². The molecule has 30 heavy (non-hydrogen) atoms. The van der Waals surface area contributed by atoms with Crippen LogP contribution >= 0.6 is 23.2 Å². The second-order valence-electron chi connectivity index (χ2n) is 8.73. The van der Waals surface area contributed by atoms with E-state index in [2.05, 4.69) is 20.6 Å². The topological polar surface area (TPSA) is 58.4 Å². The third kappa shape index (κ3) is 2.82. The Morgan fingerprint density at radius 2 is 1.93 bits per heavy atom. The molecule has 8 heteroatoms. The van der Waals surface area contributed by atoms with E-state index in [1.54, 1.807) is 0 Å². The summed E-state index contributed by atoms with van der Waals surface area (Å²) < 4.78 is 21.2. The first-order valence-corrected chi connectivity index (χ1v) is 10.9. The third-order valence-electron chi connectivity index (χ3n) is 6.52. The molecule has 1 saturated heterocycles. The molecule has 0 N–H and O–H groups in total. The molecular weight excluding hydrogens is 425 g/mol. The first-order valence-electron chi connectivity index (χ1n) is 10.1. The normalized spacial score (nSPS) is 31.9. The highest BCUT2D eigenvalue weighted by atomic mass is 35.5. The Kier molecular flexibility index (Phi) is 4.21. The van der Waals surface area contributed by atoms with Crippen LogP contribution in [0.3, 0.4) is 0 Å². The molecule has 156 valence electrons. The van der Waals surface area contributed by atoms with Crippen LogP contribution in [-0.4, -0.2) is 32.5 Å². The fraction of sp³-hybridized carbons (Fsp3) is 0.455. The molecule has 0 radical (unpaired) electrons. The zero-order valence-corrected chi connectivity index (χ0v) is 18.1. The molecule has 2 aromatic heterocycles. The Hall–Kier alpha value is -1.70. The molecule has 1 saturated carbocycles. The van der Waals surface area contributed by atoms with Crippen molar-refractivity contribution in [1.82, 2.24) is 14.5 Å². The van der Waals surface area contributed by atoms with Crippen LogP contribution in [0.25, 0.3) is 11.0 Å². The largest absolute Gasteiger partial charge is 0.368 e. The van der Waals surface area contributed by atoms with Crippen LogP contribution in [0, 0.1) is 5.92 Å². The number of hydrogen-bond acceptors (Lipinski definition) is 5. The number of aromatic nitrogens is 3. The van der Waals surface area contributed by atoms with Gasteiger partial charge in [0.25, 0.3) is 0 Å². The molecule has 6 rings (SSSR count). The van der Waals surface area contributed by atoms with Crippen molar-refractivity contribution in [2.45, 2.75) is 57.0 Å². The average Bonchev–Trinajstić information content (AvgIpc) is 3.43. The summed E-state index contributed by atoms with van der Waals surface area (Å²) in [6.45, 7) is 4.50. The second-order valence-corrected chi connectivity index (χ2v) is 9.53. The summed E-state index contributed by atoms with van der Waals surface area (Å²) in [6.07, 6.45) is 4.14. The minimum absolute atomic E-state index is 0.0488. The first kappa shape index (κ1) is 19.0. The average molecular weight is 446 g/mol. The zero-order valence-electron chi connectivity index (χ0n) is 16.6. The van der Waals surface area contributed by atoms with Gasteiger partial charge in [0.2, 0.25) is 0 Å². The van der Waals surface area contributed by atoms with Crippen molar-refractivity contribution in [1.29, 1.82) is 0 Å². The number of hydrogen-bond donors (Lipinski definition) is 0. The van der Waals surface area contributed by atoms with Crippen LogP contribution in [0.15, 0.2) is 36.8 Å². The monoisotopic (exact) mass is 445 g/mol. The number of nitrogens with zero attached hydrogens (tertiary/aromatic N) is 3. The number of rotatable bonds is 2. The highest BCUT2D eigenvalue weighted by Crippen LogP contribution is 2.54. The molecule has 2 fully saturated rings. The van der Waals surface area contributed by atoms with Gasteiger partial charge in [-0.1, -0.05) is 29.3 Å². The van der Waals surface area contributed by atoms with Gasteiger partial charge in [-0.3, -0.25) is 0 Å². The standard InChI is InChI=1S/C22H21Cl2N3O3/c1-22(2)29-18-15(17-13-4-3-12(23)7-11(13)9-28-17)8-16(19(18)30-22)27-6-5-14-20(24)25-10-26-21(14)27/h3-7,10,15-19H,8-9H2,1-2H3/t15-,16?,17-,18-,19+/m1/s1. The lowest BCUT2D eigenvalue weighted by Gasteiger charge is -2.27. The van der Waals surface area contributed by atoms with Gasteiger partial charge in [0, 0.05) is 17.1 Å². The van der Waals surface area contributed by atoms with Crippen molar-refractivity contribution in [3.63, 3.8) is 0 Å². The highest BCUT2D eigenvalue weighted by molar-refractivity contribution is 6.33. The molecule has 5 atom stereocenters. The molecular formula is C22H21Cl2N3O3. The molecule has 1 aromatic carbocycles. The highest BCUT2D eigenvalue weighted by Gasteiger charge is 2.57. The summed E-state index contributed by atoms with van der Waals surface area (Å²) in [4.78, 5) is 8.59. The lowest BCUT2D eigenvalue weighted by atomic mass is 9.91. The van der Waals surface area contributed by atoms with E-state index >= 15 is 0 Å². The molecule has 1 unspecified atom stereocenters. The number of ether oxygens (including phenoxy) is 3. The maximum atomic E-state index is 6.40. The van der Waals surface area contributed by atoms with Gasteiger partial charge in [-0.15, -0.1) is 0 Å². The van der Waals surface area contributed by atoms with Gasteiger partial charge in [0.15, 0.2) is 5.79 Å². The minimum Gasteiger partial charge on any atom is -0.368 e. The lowest BCUT2D eigenvalue weighted by molar-refractivity contribution is -0.166. The Balaban J connectivity index is 1.41. The SMILES string of the molecule is CC1(C)O[C@@H]2[C@@H]([C@@H]3OCc4cc(Cl)ccc43)CC(n3ccc4c(Cl)ncnc43)[C@@H]2O1. The van der Waals surface area contributed by atoms with Crippen molar-refractivity contribution < 1.29 is 14.2 Å². The quantitative estimate of drug-likeness (QED) is 0.514. The third-order valence-corrected chi connectivity index (χ3v) is 7.05. The molecule has 4 heterocycles. The van der Waals surface area contributed by atoms with Gasteiger partial charge in [-0.2, -0.15) is 0 Å². The molecule has 3 aromatic rings. The summed E-state index contributed by atoms with van der Waals surface area (Å²) in [6, 6.07) is 8.03. The van der Waals surface area contributed by atoms with E-state index in [4.69, 9.17) is 37.4 Å². The summed E-state index contributed by atoms with van der Waals surface area (Å²) in [5.74, 6) is -0.498. The number of fused-ring (bicyclic) bond motifs is 3. The molecule has 0 spiro atoms. The van der Waals surface area contributed by atoms with Gasteiger partial charge >= 0.3 is 0 Å². The number of benzene rings is 1. The second kappa shape index (κ2) is 6.65. The summed E-state index contributed by atoms with van der Waals surface area (Å²) in [5, 5.41) is 2.03. The summed E-state index contributed by atoms with van der Waals surface area (Å²) in [5.41, 5.74) is 3.16. The van der Waals surface area contributed by atoms with E-state index in [1.165, 1.54) is 11.9 Å². The van der Waals surface area contributed by atoms with E-state index in [-0.39, 0.29) is 30.3 Å². The lowest BCUT2D eigenvalue weighted by Crippen LogP contribution is -2.29. The van der Waals surface area contributed by atoms with Crippen LogP contribution in [0.4, 0.5) is 0 Å². The molecule has 1 aliphatic carbocycles. The molecule has 6 nitrogen and oxygen atoms in total. The maximum absolute atomic E-state index is 6.40. The van der Waals surface area contributed by atoms with Crippen molar-refractivity contribution in [3.8, 4) is 0 Å². The van der Waals surface area contributed by atoms with Gasteiger partial charge in [-0.25, -0.2) is 9.97 Å². The maximum Gasteiger partial charge on any atom is 0.163 e. The Morgan fingerprint density at radius 1 is 1.10 bits per heavy atom. The summed E-state index contributed by atoms with van der Waals surface area (Å²) in [7, 11) is 0.